The first-order valence-electron chi connectivity index (χ1n) is 11.5. The summed E-state index contributed by atoms with van der Waals surface area (Å²) in [4.78, 5) is 10.3. The van der Waals surface area contributed by atoms with E-state index in [-0.39, 0.29) is 11.1 Å². The lowest BCUT2D eigenvalue weighted by atomic mass is 9.78. The van der Waals surface area contributed by atoms with Crippen LogP contribution < -0.4 is 0 Å². The monoisotopic (exact) mass is 412 g/mol. The third-order valence-corrected chi connectivity index (χ3v) is 7.53. The molecule has 0 saturated carbocycles. The van der Waals surface area contributed by atoms with Gasteiger partial charge in [0.05, 0.1) is 0 Å². The zero-order valence-electron chi connectivity index (χ0n) is 20.6. The molecule has 0 fully saturated rings. The second-order valence-electron chi connectivity index (χ2n) is 10.5. The highest BCUT2D eigenvalue weighted by molar-refractivity contribution is 6.02. The van der Waals surface area contributed by atoms with Crippen molar-refractivity contribution in [2.24, 2.45) is 33.7 Å². The Bertz CT molecular complexity index is 779. The number of aliphatic imine (C=N–C) groups is 2. The minimum absolute atomic E-state index is 0.168. The Morgan fingerprint density at radius 3 is 1.23 bits per heavy atom. The second-order valence-corrected chi connectivity index (χ2v) is 10.5. The number of ether oxygens (including phenoxy) is 2. The molecule has 2 aliphatic heterocycles. The molecular weight excluding hydrogens is 372 g/mol. The van der Waals surface area contributed by atoms with Gasteiger partial charge in [-0.05, 0) is 54.7 Å². The van der Waals surface area contributed by atoms with E-state index in [0.717, 1.165) is 22.9 Å². The SMILES string of the molecule is Cc1cc(C)c(C2=NC(C(C)C)(C(C)C)CO2)cc1C1=NC(C(C)C)(C(C)C)CO1. The summed E-state index contributed by atoms with van der Waals surface area (Å²) < 4.78 is 12.4. The Morgan fingerprint density at radius 1 is 0.633 bits per heavy atom. The Kier molecular flexibility index (Phi) is 6.10. The van der Waals surface area contributed by atoms with Crippen LogP contribution in [0.4, 0.5) is 0 Å². The van der Waals surface area contributed by atoms with Crippen molar-refractivity contribution in [1.29, 1.82) is 0 Å². The summed E-state index contributed by atoms with van der Waals surface area (Å²) in [6, 6.07) is 4.38. The molecule has 0 saturated heterocycles. The summed E-state index contributed by atoms with van der Waals surface area (Å²) in [5.74, 6) is 3.18. The van der Waals surface area contributed by atoms with Crippen LogP contribution >= 0.6 is 0 Å². The fourth-order valence-electron chi connectivity index (χ4n) is 4.98. The standard InChI is InChI=1S/C26H40N2O2/c1-15(2)25(16(3)4)13-29-23(27-25)21-12-22(20(10)11-19(21)9)24-28-26(14-30-24,17(5)6)18(7)8/h11-12,15-18H,13-14H2,1-10H3. The molecule has 0 aromatic heterocycles. The van der Waals surface area contributed by atoms with Crippen LogP contribution in [0, 0.1) is 37.5 Å². The van der Waals surface area contributed by atoms with Crippen molar-refractivity contribution in [3.63, 3.8) is 0 Å². The molecule has 0 unspecified atom stereocenters. The summed E-state index contributed by atoms with van der Waals surface area (Å²) >= 11 is 0. The average Bonchev–Trinajstić information content (AvgIpc) is 3.28. The molecule has 30 heavy (non-hydrogen) atoms. The zero-order valence-corrected chi connectivity index (χ0v) is 20.6. The number of aryl methyl sites for hydroxylation is 2. The molecule has 2 heterocycles. The molecule has 0 spiro atoms. The molecule has 3 rings (SSSR count). The van der Waals surface area contributed by atoms with Gasteiger partial charge in [-0.2, -0.15) is 0 Å². The lowest BCUT2D eigenvalue weighted by molar-refractivity contribution is 0.159. The largest absolute Gasteiger partial charge is 0.475 e. The highest BCUT2D eigenvalue weighted by atomic mass is 16.5. The quantitative estimate of drug-likeness (QED) is 0.579. The van der Waals surface area contributed by atoms with E-state index >= 15 is 0 Å². The van der Waals surface area contributed by atoms with E-state index in [1.165, 1.54) is 11.1 Å². The van der Waals surface area contributed by atoms with E-state index in [4.69, 9.17) is 19.5 Å². The van der Waals surface area contributed by atoms with Crippen LogP contribution in [0.5, 0.6) is 0 Å². The van der Waals surface area contributed by atoms with E-state index in [1.807, 2.05) is 0 Å². The van der Waals surface area contributed by atoms with Gasteiger partial charge in [-0.25, -0.2) is 9.98 Å². The molecule has 0 amide bonds. The van der Waals surface area contributed by atoms with Crippen molar-refractivity contribution in [2.45, 2.75) is 80.3 Å². The van der Waals surface area contributed by atoms with Gasteiger partial charge in [0.2, 0.25) is 11.8 Å². The molecule has 0 N–H and O–H groups in total. The Balaban J connectivity index is 2.07. The van der Waals surface area contributed by atoms with E-state index in [9.17, 15) is 0 Å². The predicted octanol–water partition coefficient (Wildman–Crippen LogP) is 5.96. The van der Waals surface area contributed by atoms with E-state index < -0.39 is 0 Å². The van der Waals surface area contributed by atoms with Crippen molar-refractivity contribution in [2.75, 3.05) is 13.2 Å². The van der Waals surface area contributed by atoms with Crippen LogP contribution in [0.25, 0.3) is 0 Å². The van der Waals surface area contributed by atoms with Crippen LogP contribution in [-0.4, -0.2) is 36.1 Å². The van der Waals surface area contributed by atoms with Crippen molar-refractivity contribution in [1.82, 2.24) is 0 Å². The predicted molar refractivity (Wildman–Crippen MR) is 126 cm³/mol. The van der Waals surface area contributed by atoms with Crippen molar-refractivity contribution in [3.05, 3.63) is 34.4 Å². The molecule has 0 atom stereocenters. The van der Waals surface area contributed by atoms with Gasteiger partial charge in [-0.3, -0.25) is 0 Å². The summed E-state index contributed by atoms with van der Waals surface area (Å²) in [6.45, 7) is 23.4. The molecule has 2 aliphatic rings. The van der Waals surface area contributed by atoms with Crippen LogP contribution in [-0.2, 0) is 9.47 Å². The molecular formula is C26H40N2O2. The highest BCUT2D eigenvalue weighted by Crippen LogP contribution is 2.38. The smallest absolute Gasteiger partial charge is 0.217 e. The molecule has 4 heteroatoms. The normalized spacial score (nSPS) is 20.1. The number of hydrogen-bond donors (Lipinski definition) is 0. The van der Waals surface area contributed by atoms with Gasteiger partial charge >= 0.3 is 0 Å². The van der Waals surface area contributed by atoms with E-state index in [1.54, 1.807) is 0 Å². The molecule has 166 valence electrons. The first kappa shape index (κ1) is 22.8. The first-order valence-corrected chi connectivity index (χ1v) is 11.5. The Hall–Kier alpha value is -1.84. The third kappa shape index (κ3) is 3.56. The first-order chi connectivity index (χ1) is 13.9. The molecule has 0 bridgehead atoms. The fraction of sp³-hybridized carbons (Fsp3) is 0.692. The second kappa shape index (κ2) is 8.01. The highest BCUT2D eigenvalue weighted by Gasteiger charge is 2.44. The molecule has 4 nitrogen and oxygen atoms in total. The van der Waals surface area contributed by atoms with Gasteiger partial charge in [0, 0.05) is 11.1 Å². The van der Waals surface area contributed by atoms with Gasteiger partial charge in [0.15, 0.2) is 0 Å². The minimum atomic E-state index is -0.168. The molecule has 0 radical (unpaired) electrons. The summed E-state index contributed by atoms with van der Waals surface area (Å²) in [7, 11) is 0. The summed E-state index contributed by atoms with van der Waals surface area (Å²) in [5.41, 5.74) is 4.12. The zero-order chi connectivity index (χ0) is 22.4. The maximum atomic E-state index is 6.20. The lowest BCUT2D eigenvalue weighted by Gasteiger charge is -2.32. The summed E-state index contributed by atoms with van der Waals surface area (Å²) in [5, 5.41) is 0. The maximum absolute atomic E-state index is 6.20. The fourth-order valence-corrected chi connectivity index (χ4v) is 4.98. The lowest BCUT2D eigenvalue weighted by Crippen LogP contribution is -2.40. The van der Waals surface area contributed by atoms with Gasteiger partial charge in [0.1, 0.15) is 24.3 Å². The van der Waals surface area contributed by atoms with Crippen LogP contribution in [0.15, 0.2) is 22.1 Å². The van der Waals surface area contributed by atoms with Gasteiger partial charge in [0.25, 0.3) is 0 Å². The maximum Gasteiger partial charge on any atom is 0.217 e. The average molecular weight is 413 g/mol. The van der Waals surface area contributed by atoms with Gasteiger partial charge in [-0.15, -0.1) is 0 Å². The molecule has 1 aromatic rings. The van der Waals surface area contributed by atoms with Crippen LogP contribution in [0.3, 0.4) is 0 Å². The van der Waals surface area contributed by atoms with Crippen LogP contribution in [0.1, 0.15) is 77.6 Å². The van der Waals surface area contributed by atoms with Gasteiger partial charge < -0.3 is 9.47 Å². The minimum Gasteiger partial charge on any atom is -0.475 e. The summed E-state index contributed by atoms with van der Waals surface area (Å²) in [6.07, 6.45) is 0. The Morgan fingerprint density at radius 2 is 0.967 bits per heavy atom. The van der Waals surface area contributed by atoms with Crippen molar-refractivity contribution >= 4 is 11.8 Å². The number of hydrogen-bond acceptors (Lipinski definition) is 4. The van der Waals surface area contributed by atoms with E-state index in [0.29, 0.717) is 36.9 Å². The molecule has 1 aromatic carbocycles. The van der Waals surface area contributed by atoms with Crippen LogP contribution in [0.2, 0.25) is 0 Å². The number of rotatable bonds is 6. The van der Waals surface area contributed by atoms with Gasteiger partial charge in [-0.1, -0.05) is 61.5 Å². The van der Waals surface area contributed by atoms with Crippen molar-refractivity contribution < 1.29 is 9.47 Å². The number of benzene rings is 1. The van der Waals surface area contributed by atoms with Crippen molar-refractivity contribution in [3.8, 4) is 0 Å². The van der Waals surface area contributed by atoms with E-state index in [2.05, 4.69) is 81.4 Å². The third-order valence-electron chi connectivity index (χ3n) is 7.53. The Labute approximate surface area is 183 Å². The molecule has 0 aliphatic carbocycles. The number of nitrogens with zero attached hydrogens (tertiary/aromatic N) is 2. The topological polar surface area (TPSA) is 43.2 Å².